The van der Waals surface area contributed by atoms with Crippen molar-refractivity contribution in [2.24, 2.45) is 0 Å². The molecule has 2 rings (SSSR count). The highest BCUT2D eigenvalue weighted by atomic mass is 19.1. The third-order valence-corrected chi connectivity index (χ3v) is 4.10. The molecule has 124 valence electrons. The predicted octanol–water partition coefficient (Wildman–Crippen LogP) is 3.78. The standard InChI is InChI=1S/C19H24FNO2/c1-4-14-5-7-15(8-6-14)18(12-22)21-13(2)16-9-10-17(20)19(11-16)23-3/h5-11,13,18,21-22H,4,12H2,1-3H3. The normalized spacial score (nSPS) is 13.6. The van der Waals surface area contributed by atoms with Gasteiger partial charge in [0.25, 0.3) is 0 Å². The number of aliphatic hydroxyl groups excluding tert-OH is 1. The van der Waals surface area contributed by atoms with Crippen molar-refractivity contribution in [1.29, 1.82) is 0 Å². The summed E-state index contributed by atoms with van der Waals surface area (Å²) in [7, 11) is 1.45. The molecule has 2 aromatic rings. The van der Waals surface area contributed by atoms with Crippen LogP contribution in [0, 0.1) is 5.82 Å². The fraction of sp³-hybridized carbons (Fsp3) is 0.368. The summed E-state index contributed by atoms with van der Waals surface area (Å²) in [5.41, 5.74) is 3.21. The Morgan fingerprint density at radius 2 is 1.78 bits per heavy atom. The lowest BCUT2D eigenvalue weighted by Crippen LogP contribution is -2.27. The van der Waals surface area contributed by atoms with Gasteiger partial charge in [0.15, 0.2) is 11.6 Å². The molecular formula is C19H24FNO2. The van der Waals surface area contributed by atoms with E-state index in [0.29, 0.717) is 0 Å². The van der Waals surface area contributed by atoms with Crippen LogP contribution in [0.5, 0.6) is 5.75 Å². The third-order valence-electron chi connectivity index (χ3n) is 4.10. The zero-order chi connectivity index (χ0) is 16.8. The predicted molar refractivity (Wildman–Crippen MR) is 90.1 cm³/mol. The molecule has 0 saturated heterocycles. The van der Waals surface area contributed by atoms with E-state index in [2.05, 4.69) is 24.4 Å². The quantitative estimate of drug-likeness (QED) is 0.816. The smallest absolute Gasteiger partial charge is 0.165 e. The highest BCUT2D eigenvalue weighted by Crippen LogP contribution is 2.25. The van der Waals surface area contributed by atoms with Gasteiger partial charge in [0.2, 0.25) is 0 Å². The number of hydrogen-bond acceptors (Lipinski definition) is 3. The molecule has 0 aromatic heterocycles. The van der Waals surface area contributed by atoms with Gasteiger partial charge in [0, 0.05) is 6.04 Å². The van der Waals surface area contributed by atoms with Gasteiger partial charge in [-0.2, -0.15) is 0 Å². The van der Waals surface area contributed by atoms with Crippen LogP contribution < -0.4 is 10.1 Å². The average Bonchev–Trinajstić information content (AvgIpc) is 2.60. The molecule has 0 aliphatic heterocycles. The Morgan fingerprint density at radius 3 is 2.35 bits per heavy atom. The van der Waals surface area contributed by atoms with Gasteiger partial charge < -0.3 is 15.2 Å². The van der Waals surface area contributed by atoms with E-state index in [0.717, 1.165) is 17.5 Å². The molecule has 0 heterocycles. The Labute approximate surface area is 137 Å². The Morgan fingerprint density at radius 1 is 1.13 bits per heavy atom. The van der Waals surface area contributed by atoms with E-state index < -0.39 is 0 Å². The third kappa shape index (κ3) is 4.30. The number of halogens is 1. The van der Waals surface area contributed by atoms with Gasteiger partial charge in [-0.25, -0.2) is 4.39 Å². The lowest BCUT2D eigenvalue weighted by Gasteiger charge is -2.23. The van der Waals surface area contributed by atoms with Crippen molar-refractivity contribution in [2.75, 3.05) is 13.7 Å². The summed E-state index contributed by atoms with van der Waals surface area (Å²) >= 11 is 0. The maximum atomic E-state index is 13.5. The van der Waals surface area contributed by atoms with Gasteiger partial charge in [0.05, 0.1) is 19.8 Å². The molecule has 2 N–H and O–H groups in total. The van der Waals surface area contributed by atoms with Crippen molar-refractivity contribution in [3.05, 3.63) is 65.0 Å². The number of aryl methyl sites for hydroxylation is 1. The van der Waals surface area contributed by atoms with Crippen LogP contribution in [-0.4, -0.2) is 18.8 Å². The van der Waals surface area contributed by atoms with Gasteiger partial charge in [0.1, 0.15) is 0 Å². The molecule has 23 heavy (non-hydrogen) atoms. The Bertz CT molecular complexity index is 628. The van der Waals surface area contributed by atoms with Crippen LogP contribution in [0.15, 0.2) is 42.5 Å². The maximum Gasteiger partial charge on any atom is 0.165 e. The molecule has 0 amide bonds. The number of methoxy groups -OCH3 is 1. The van der Waals surface area contributed by atoms with Crippen LogP contribution in [0.25, 0.3) is 0 Å². The van der Waals surface area contributed by atoms with Crippen LogP contribution in [0.1, 0.15) is 42.6 Å². The first-order valence-electron chi connectivity index (χ1n) is 7.88. The minimum atomic E-state index is -0.377. The number of hydrogen-bond donors (Lipinski definition) is 2. The molecule has 4 heteroatoms. The molecule has 2 atom stereocenters. The Hall–Kier alpha value is -1.91. The molecule has 2 unspecified atom stereocenters. The van der Waals surface area contributed by atoms with Crippen molar-refractivity contribution in [3.8, 4) is 5.75 Å². The molecule has 3 nitrogen and oxygen atoms in total. The summed E-state index contributed by atoms with van der Waals surface area (Å²) in [6.45, 7) is 4.09. The fourth-order valence-corrected chi connectivity index (χ4v) is 2.58. The Balaban J connectivity index is 2.13. The van der Waals surface area contributed by atoms with Gasteiger partial charge >= 0.3 is 0 Å². The van der Waals surface area contributed by atoms with Crippen LogP contribution in [0.4, 0.5) is 4.39 Å². The zero-order valence-corrected chi connectivity index (χ0v) is 13.8. The monoisotopic (exact) mass is 317 g/mol. The highest BCUT2D eigenvalue weighted by Gasteiger charge is 2.16. The minimum absolute atomic E-state index is 0.00581. The largest absolute Gasteiger partial charge is 0.494 e. The van der Waals surface area contributed by atoms with E-state index in [1.165, 1.54) is 18.7 Å². The molecule has 0 saturated carbocycles. The van der Waals surface area contributed by atoms with E-state index in [4.69, 9.17) is 4.74 Å². The molecule has 0 bridgehead atoms. The molecule has 0 radical (unpaired) electrons. The fourth-order valence-electron chi connectivity index (χ4n) is 2.58. The van der Waals surface area contributed by atoms with Gasteiger partial charge in [-0.3, -0.25) is 0 Å². The van der Waals surface area contributed by atoms with Crippen LogP contribution in [0.2, 0.25) is 0 Å². The summed E-state index contributed by atoms with van der Waals surface area (Å²) in [5, 5.41) is 13.1. The maximum absolute atomic E-state index is 13.5. The summed E-state index contributed by atoms with van der Waals surface area (Å²) in [4.78, 5) is 0. The molecule has 0 aliphatic carbocycles. The first-order valence-corrected chi connectivity index (χ1v) is 7.88. The average molecular weight is 317 g/mol. The lowest BCUT2D eigenvalue weighted by atomic mass is 10.0. The summed E-state index contributed by atoms with van der Waals surface area (Å²) in [5.74, 6) is -0.152. The summed E-state index contributed by atoms with van der Waals surface area (Å²) < 4.78 is 18.5. The van der Waals surface area contributed by atoms with Crippen molar-refractivity contribution in [1.82, 2.24) is 5.32 Å². The van der Waals surface area contributed by atoms with Crippen LogP contribution in [-0.2, 0) is 6.42 Å². The first kappa shape index (κ1) is 17.4. The van der Waals surface area contributed by atoms with E-state index in [1.807, 2.05) is 19.1 Å². The van der Waals surface area contributed by atoms with Crippen LogP contribution >= 0.6 is 0 Å². The minimum Gasteiger partial charge on any atom is -0.494 e. The van der Waals surface area contributed by atoms with E-state index >= 15 is 0 Å². The number of aliphatic hydroxyl groups is 1. The van der Waals surface area contributed by atoms with Crippen molar-refractivity contribution in [3.63, 3.8) is 0 Å². The van der Waals surface area contributed by atoms with Crippen molar-refractivity contribution < 1.29 is 14.2 Å². The molecule has 0 fully saturated rings. The lowest BCUT2D eigenvalue weighted by molar-refractivity contribution is 0.235. The summed E-state index contributed by atoms with van der Waals surface area (Å²) in [6.07, 6.45) is 0.989. The highest BCUT2D eigenvalue weighted by molar-refractivity contribution is 5.32. The van der Waals surface area contributed by atoms with Crippen molar-refractivity contribution >= 4 is 0 Å². The van der Waals surface area contributed by atoms with E-state index in [1.54, 1.807) is 12.1 Å². The van der Waals surface area contributed by atoms with Gasteiger partial charge in [-0.1, -0.05) is 37.3 Å². The van der Waals surface area contributed by atoms with Gasteiger partial charge in [-0.05, 0) is 42.2 Å². The summed E-state index contributed by atoms with van der Waals surface area (Å²) in [6, 6.07) is 12.8. The number of benzene rings is 2. The zero-order valence-electron chi connectivity index (χ0n) is 13.8. The molecule has 0 aliphatic rings. The number of ether oxygens (including phenoxy) is 1. The number of rotatable bonds is 7. The Kier molecular flexibility index (Phi) is 6.13. The molecule has 2 aromatic carbocycles. The van der Waals surface area contributed by atoms with Gasteiger partial charge in [-0.15, -0.1) is 0 Å². The SMILES string of the molecule is CCc1ccc(C(CO)NC(C)c2ccc(F)c(OC)c2)cc1. The van der Waals surface area contributed by atoms with Crippen molar-refractivity contribution in [2.45, 2.75) is 32.4 Å². The number of nitrogens with one attached hydrogen (secondary N) is 1. The second-order valence-electron chi connectivity index (χ2n) is 5.61. The first-order chi connectivity index (χ1) is 11.1. The van der Waals surface area contributed by atoms with E-state index in [-0.39, 0.29) is 30.3 Å². The molecular weight excluding hydrogens is 293 g/mol. The second kappa shape index (κ2) is 8.09. The van der Waals surface area contributed by atoms with Crippen LogP contribution in [0.3, 0.4) is 0 Å². The topological polar surface area (TPSA) is 41.5 Å². The molecule has 0 spiro atoms. The second-order valence-corrected chi connectivity index (χ2v) is 5.61. The van der Waals surface area contributed by atoms with E-state index in [9.17, 15) is 9.50 Å².